The van der Waals surface area contributed by atoms with Crippen molar-refractivity contribution in [3.05, 3.63) is 48.5 Å². The van der Waals surface area contributed by atoms with Crippen LogP contribution in [0, 0.1) is 0 Å². The van der Waals surface area contributed by atoms with Crippen LogP contribution in [0.1, 0.15) is 6.92 Å². The highest BCUT2D eigenvalue weighted by Gasteiger charge is 2.38. The zero-order chi connectivity index (χ0) is 18.8. The maximum absolute atomic E-state index is 6.28. The number of benzene rings is 2. The molecule has 0 aliphatic carbocycles. The number of rotatable bonds is 4. The maximum Gasteiger partial charge on any atom is 0.156 e. The number of hydrogen-bond acceptors (Lipinski definition) is 7. The minimum atomic E-state index is -2.42. The second kappa shape index (κ2) is 8.32. The zero-order valence-electron chi connectivity index (χ0n) is 14.7. The average molecular weight is 446 g/mol. The highest BCUT2D eigenvalue weighted by molar-refractivity contribution is 9.00. The van der Waals surface area contributed by atoms with Crippen molar-refractivity contribution in [1.82, 2.24) is 0 Å². The third kappa shape index (κ3) is 4.36. The van der Waals surface area contributed by atoms with E-state index in [9.17, 15) is 0 Å². The summed E-state index contributed by atoms with van der Waals surface area (Å²) in [4.78, 5) is 0. The molecule has 0 amide bonds. The van der Waals surface area contributed by atoms with Gasteiger partial charge in [0.05, 0.1) is 26.9 Å². The van der Waals surface area contributed by atoms with E-state index in [1.54, 1.807) is 14.2 Å². The molecule has 0 bridgehead atoms. The Balaban J connectivity index is 1.99. The summed E-state index contributed by atoms with van der Waals surface area (Å²) in [5.74, 6) is 1.57. The van der Waals surface area contributed by atoms with Gasteiger partial charge >= 0.3 is 0 Å². The van der Waals surface area contributed by atoms with Gasteiger partial charge in [0.25, 0.3) is 0 Å². The Hall–Kier alpha value is -0.390. The van der Waals surface area contributed by atoms with Crippen LogP contribution in [0.25, 0.3) is 0 Å². The third-order valence-electron chi connectivity index (χ3n) is 3.79. The van der Waals surface area contributed by atoms with Crippen molar-refractivity contribution in [2.45, 2.75) is 13.0 Å². The number of methoxy groups -OCH3 is 2. The average Bonchev–Trinajstić information content (AvgIpc) is 2.78. The van der Waals surface area contributed by atoms with Gasteiger partial charge in [-0.25, -0.2) is 0 Å². The second-order valence-corrected chi connectivity index (χ2v) is 18.9. The molecule has 1 saturated heterocycles. The predicted octanol–water partition coefficient (Wildman–Crippen LogP) is 4.44. The van der Waals surface area contributed by atoms with Crippen molar-refractivity contribution in [3.63, 3.8) is 0 Å². The standard InChI is InChI=1S/C17H20O4P2S3/c1-13-12-20-22(24,16-8-4-14(18-2)5-9-16)26-23(25,21-13)17-10-6-15(19-3)7-11-17/h4-11,13H,12H2,1-3H3. The molecule has 1 fully saturated rings. The van der Waals surface area contributed by atoms with Crippen LogP contribution in [0.3, 0.4) is 0 Å². The van der Waals surface area contributed by atoms with Crippen molar-refractivity contribution in [1.29, 1.82) is 0 Å². The van der Waals surface area contributed by atoms with Gasteiger partial charge in [-0.2, -0.15) is 0 Å². The molecule has 1 heterocycles. The molecule has 2 aromatic rings. The minimum absolute atomic E-state index is 0.112. The lowest BCUT2D eigenvalue weighted by Crippen LogP contribution is -2.14. The van der Waals surface area contributed by atoms with E-state index >= 15 is 0 Å². The number of ether oxygens (including phenoxy) is 2. The van der Waals surface area contributed by atoms with Gasteiger partial charge in [-0.3, -0.25) is 0 Å². The Morgan fingerprint density at radius 3 is 1.81 bits per heavy atom. The van der Waals surface area contributed by atoms with Crippen molar-refractivity contribution >= 4 is 56.2 Å². The van der Waals surface area contributed by atoms with Crippen LogP contribution in [-0.2, 0) is 32.7 Å². The largest absolute Gasteiger partial charge is 0.497 e. The molecule has 140 valence electrons. The highest BCUT2D eigenvalue weighted by Crippen LogP contribution is 2.79. The summed E-state index contributed by atoms with van der Waals surface area (Å²) in [6.45, 7) is 2.41. The fourth-order valence-corrected chi connectivity index (χ4v) is 20.8. The van der Waals surface area contributed by atoms with Crippen LogP contribution in [0.15, 0.2) is 48.5 Å². The molecule has 9 heteroatoms. The first-order valence-corrected chi connectivity index (χ1v) is 15.4. The maximum atomic E-state index is 6.28. The van der Waals surface area contributed by atoms with E-state index in [1.807, 2.05) is 55.5 Å². The lowest BCUT2D eigenvalue weighted by Gasteiger charge is -2.26. The summed E-state index contributed by atoms with van der Waals surface area (Å²) in [5, 5.41) is 1.94. The molecule has 0 N–H and O–H groups in total. The topological polar surface area (TPSA) is 36.9 Å². The van der Waals surface area contributed by atoms with Crippen LogP contribution in [0.4, 0.5) is 0 Å². The molecule has 26 heavy (non-hydrogen) atoms. The summed E-state index contributed by atoms with van der Waals surface area (Å²) >= 11 is 13.6. The van der Waals surface area contributed by atoms with Gasteiger partial charge in [0.15, 0.2) is 10.9 Å². The van der Waals surface area contributed by atoms with Crippen LogP contribution < -0.4 is 20.1 Å². The summed E-state index contributed by atoms with van der Waals surface area (Å²) in [7, 11) is 3.29. The van der Waals surface area contributed by atoms with Crippen LogP contribution in [-0.4, -0.2) is 26.9 Å². The van der Waals surface area contributed by atoms with Crippen molar-refractivity contribution in [2.75, 3.05) is 20.8 Å². The summed E-state index contributed by atoms with van der Waals surface area (Å²) in [6, 6.07) is 15.5. The Labute approximate surface area is 168 Å². The van der Waals surface area contributed by atoms with Crippen LogP contribution >= 0.6 is 21.9 Å². The SMILES string of the molecule is COc1ccc(P2(=S)OCC(C)OP(=S)(c3ccc(OC)cc3)S2)cc1. The molecular formula is C17H20O4P2S3. The van der Waals surface area contributed by atoms with Crippen LogP contribution in [0.2, 0.25) is 0 Å². The Bertz CT molecular complexity index is 855. The number of hydrogen-bond donors (Lipinski definition) is 0. The van der Waals surface area contributed by atoms with Gasteiger partial charge in [-0.15, -0.1) is 0 Å². The van der Waals surface area contributed by atoms with Crippen molar-refractivity contribution in [2.24, 2.45) is 0 Å². The first kappa shape index (κ1) is 20.3. The third-order valence-corrected chi connectivity index (χ3v) is 19.6. The van der Waals surface area contributed by atoms with Gasteiger partial charge in [0.1, 0.15) is 11.5 Å². The van der Waals surface area contributed by atoms with E-state index < -0.39 is 10.9 Å². The Morgan fingerprint density at radius 1 is 0.885 bits per heavy atom. The smallest absolute Gasteiger partial charge is 0.156 e. The first-order valence-electron chi connectivity index (χ1n) is 7.92. The van der Waals surface area contributed by atoms with Gasteiger partial charge < -0.3 is 18.5 Å². The monoisotopic (exact) mass is 446 g/mol. The van der Waals surface area contributed by atoms with E-state index in [2.05, 4.69) is 0 Å². The van der Waals surface area contributed by atoms with E-state index in [4.69, 9.17) is 42.1 Å². The van der Waals surface area contributed by atoms with Crippen molar-refractivity contribution < 1.29 is 18.5 Å². The predicted molar refractivity (Wildman–Crippen MR) is 118 cm³/mol. The Morgan fingerprint density at radius 2 is 1.35 bits per heavy atom. The molecule has 0 spiro atoms. The molecule has 1 aliphatic rings. The molecule has 4 nitrogen and oxygen atoms in total. The Kier molecular flexibility index (Phi) is 6.51. The molecular weight excluding hydrogens is 426 g/mol. The highest BCUT2D eigenvalue weighted by atomic mass is 33.2. The van der Waals surface area contributed by atoms with Crippen molar-refractivity contribution in [3.8, 4) is 11.5 Å². The fraction of sp³-hybridized carbons (Fsp3) is 0.294. The quantitative estimate of drug-likeness (QED) is 0.643. The molecule has 0 saturated carbocycles. The van der Waals surface area contributed by atoms with E-state index in [0.29, 0.717) is 6.61 Å². The van der Waals surface area contributed by atoms with Gasteiger partial charge in [-0.1, -0.05) is 23.6 Å². The lowest BCUT2D eigenvalue weighted by molar-refractivity contribution is 0.175. The first-order chi connectivity index (χ1) is 12.4. The van der Waals surface area contributed by atoms with E-state index in [-0.39, 0.29) is 6.10 Å². The molecule has 1 aliphatic heterocycles. The molecule has 2 aromatic carbocycles. The summed E-state index contributed by atoms with van der Waals surface area (Å²) in [5.41, 5.74) is -4.82. The molecule has 0 radical (unpaired) electrons. The van der Waals surface area contributed by atoms with Gasteiger partial charge in [0.2, 0.25) is 0 Å². The molecule has 0 aromatic heterocycles. The second-order valence-electron chi connectivity index (χ2n) is 5.68. The molecule has 3 unspecified atom stereocenters. The van der Waals surface area contributed by atoms with Gasteiger partial charge in [-0.05, 0) is 66.5 Å². The van der Waals surface area contributed by atoms with E-state index in [1.165, 1.54) is 11.0 Å². The van der Waals surface area contributed by atoms with Gasteiger partial charge in [0, 0.05) is 10.6 Å². The molecule has 3 rings (SSSR count). The van der Waals surface area contributed by atoms with E-state index in [0.717, 1.165) is 22.1 Å². The normalized spacial score (nSPS) is 29.0. The summed E-state index contributed by atoms with van der Waals surface area (Å²) in [6.07, 6.45) is -0.112. The fourth-order valence-electron chi connectivity index (χ4n) is 2.41. The minimum Gasteiger partial charge on any atom is -0.497 e. The summed E-state index contributed by atoms with van der Waals surface area (Å²) < 4.78 is 23.0. The van der Waals surface area contributed by atoms with Crippen LogP contribution in [0.5, 0.6) is 11.5 Å². The lowest BCUT2D eigenvalue weighted by atomic mass is 10.3. The zero-order valence-corrected chi connectivity index (χ0v) is 18.9. The molecule has 3 atom stereocenters.